The van der Waals surface area contributed by atoms with Gasteiger partial charge in [-0.3, -0.25) is 9.59 Å². The van der Waals surface area contributed by atoms with Crippen LogP contribution in [0, 0.1) is 57.2 Å². The molecule has 2 unspecified atom stereocenters. The van der Waals surface area contributed by atoms with Crippen LogP contribution in [0.3, 0.4) is 0 Å². The van der Waals surface area contributed by atoms with Crippen molar-refractivity contribution in [2.24, 2.45) is 11.8 Å². The summed E-state index contributed by atoms with van der Waals surface area (Å²) in [5.41, 5.74) is 2.05. The van der Waals surface area contributed by atoms with Crippen LogP contribution in [0.2, 0.25) is 0 Å². The molecule has 0 aromatic carbocycles. The van der Waals surface area contributed by atoms with Crippen molar-refractivity contribution >= 4 is 58.0 Å². The summed E-state index contributed by atoms with van der Waals surface area (Å²) in [5.74, 6) is 0.173. The average molecular weight is 789 g/mol. The zero-order valence-corrected chi connectivity index (χ0v) is 35.3. The second-order valence-electron chi connectivity index (χ2n) is 15.0. The van der Waals surface area contributed by atoms with Gasteiger partial charge in [0.15, 0.2) is 0 Å². The number of hydrogen-bond acceptors (Lipinski definition) is 8. The Labute approximate surface area is 342 Å². The number of rotatable bonds is 24. The Morgan fingerprint density at radius 1 is 0.554 bits per heavy atom. The lowest BCUT2D eigenvalue weighted by Crippen LogP contribution is -2.34. The number of allylic oxidation sites excluding steroid dienone is 2. The fourth-order valence-electron chi connectivity index (χ4n) is 7.71. The monoisotopic (exact) mass is 788 g/mol. The molecule has 8 nitrogen and oxygen atoms in total. The standard InChI is InChI=1S/C46H56N6O2S2/c1-5-9-13-15-19-33(17-11-7-3)31-51-43(39-23-21-37(55-39)25-35(27-47)28-48)41-42(45(51)53)44(40-24-22-38(56-40)26-36(29-49)30-50)52(46(41)54)32-34(18-12-8-4)20-16-14-10-6-2/h21-26,33-34H,5-20,31-32H2,1-4H3. The molecule has 2 aromatic heterocycles. The molecule has 56 heavy (non-hydrogen) atoms. The van der Waals surface area contributed by atoms with E-state index in [1.54, 1.807) is 12.2 Å². The number of hydrogen-bond donors (Lipinski definition) is 0. The molecular weight excluding hydrogens is 733 g/mol. The fourth-order valence-corrected chi connectivity index (χ4v) is 9.73. The summed E-state index contributed by atoms with van der Waals surface area (Å²) in [6.45, 7) is 9.79. The lowest BCUT2D eigenvalue weighted by molar-refractivity contribution is -0.124. The first-order valence-corrected chi connectivity index (χ1v) is 22.3. The van der Waals surface area contributed by atoms with Gasteiger partial charge in [0.1, 0.15) is 35.4 Å². The third-order valence-electron chi connectivity index (χ3n) is 10.7. The summed E-state index contributed by atoms with van der Waals surface area (Å²) in [6, 6.07) is 15.3. The normalized spacial score (nSPS) is 14.6. The maximum atomic E-state index is 15.1. The van der Waals surface area contributed by atoms with Crippen LogP contribution in [0.4, 0.5) is 0 Å². The SMILES string of the molecule is CCCCCCC(CCCC)CN1C(=O)C2=C(c3ccc(C=C(C#N)C#N)s3)N(CC(CCCC)CCCCCC)C(=O)C2=C1c1ccc(C=C(C#N)C#N)s1. The lowest BCUT2D eigenvalue weighted by atomic mass is 9.94. The van der Waals surface area contributed by atoms with Crippen molar-refractivity contribution < 1.29 is 9.59 Å². The second kappa shape index (κ2) is 22.7. The Kier molecular flexibility index (Phi) is 17.8. The van der Waals surface area contributed by atoms with Crippen LogP contribution >= 0.6 is 22.7 Å². The molecule has 2 aliphatic rings. The Bertz CT molecular complexity index is 1810. The largest absolute Gasteiger partial charge is 0.306 e. The fraction of sp³-hybridized carbons (Fsp3) is 0.522. The van der Waals surface area contributed by atoms with E-state index in [4.69, 9.17) is 0 Å². The smallest absolute Gasteiger partial charge is 0.261 e. The van der Waals surface area contributed by atoms with E-state index in [0.29, 0.717) is 45.4 Å². The lowest BCUT2D eigenvalue weighted by Gasteiger charge is -2.29. The Hall–Kier alpha value is -4.74. The van der Waals surface area contributed by atoms with Gasteiger partial charge in [-0.05, 0) is 73.9 Å². The second-order valence-corrected chi connectivity index (χ2v) is 17.2. The molecule has 0 saturated carbocycles. The quantitative estimate of drug-likeness (QED) is 0.0767. The Balaban J connectivity index is 1.93. The first-order valence-electron chi connectivity index (χ1n) is 20.7. The van der Waals surface area contributed by atoms with E-state index in [-0.39, 0.29) is 34.8 Å². The minimum Gasteiger partial charge on any atom is -0.306 e. The van der Waals surface area contributed by atoms with Crippen molar-refractivity contribution in [3.05, 3.63) is 66.1 Å². The third-order valence-corrected chi connectivity index (χ3v) is 12.8. The molecule has 2 amide bonds. The van der Waals surface area contributed by atoms with Gasteiger partial charge in [-0.15, -0.1) is 22.7 Å². The molecule has 0 bridgehead atoms. The number of carbonyl (C=O) groups excluding carboxylic acids is 2. The molecule has 0 N–H and O–H groups in total. The highest BCUT2D eigenvalue weighted by molar-refractivity contribution is 7.14. The molecule has 4 heterocycles. The summed E-state index contributed by atoms with van der Waals surface area (Å²) >= 11 is 2.76. The number of fused-ring (bicyclic) bond motifs is 1. The first-order chi connectivity index (χ1) is 27.3. The third kappa shape index (κ3) is 11.2. The molecule has 2 aliphatic heterocycles. The Morgan fingerprint density at radius 2 is 0.911 bits per heavy atom. The highest BCUT2D eigenvalue weighted by Gasteiger charge is 2.50. The van der Waals surface area contributed by atoms with Gasteiger partial charge >= 0.3 is 0 Å². The molecule has 2 atom stereocenters. The summed E-state index contributed by atoms with van der Waals surface area (Å²) in [5, 5.41) is 37.9. The number of nitriles is 4. The van der Waals surface area contributed by atoms with E-state index in [1.165, 1.54) is 35.5 Å². The van der Waals surface area contributed by atoms with Gasteiger partial charge in [-0.1, -0.05) is 105 Å². The highest BCUT2D eigenvalue weighted by atomic mass is 32.1. The van der Waals surface area contributed by atoms with Crippen molar-refractivity contribution in [2.75, 3.05) is 13.1 Å². The van der Waals surface area contributed by atoms with Gasteiger partial charge in [-0.2, -0.15) is 21.0 Å². The topological polar surface area (TPSA) is 136 Å². The molecule has 4 rings (SSSR count). The minimum atomic E-state index is -0.176. The van der Waals surface area contributed by atoms with E-state index < -0.39 is 0 Å². The number of thiophene rings is 2. The Morgan fingerprint density at radius 3 is 1.25 bits per heavy atom. The van der Waals surface area contributed by atoms with E-state index >= 15 is 9.59 Å². The number of amides is 2. The van der Waals surface area contributed by atoms with E-state index in [0.717, 1.165) is 99.6 Å². The molecular formula is C46H56N6O2S2. The number of nitrogens with zero attached hydrogens (tertiary/aromatic N) is 6. The maximum absolute atomic E-state index is 15.1. The van der Waals surface area contributed by atoms with Crippen molar-refractivity contribution in [1.82, 2.24) is 9.80 Å². The molecule has 0 aliphatic carbocycles. The van der Waals surface area contributed by atoms with E-state index in [1.807, 2.05) is 58.3 Å². The molecule has 0 radical (unpaired) electrons. The molecule has 0 fully saturated rings. The van der Waals surface area contributed by atoms with Crippen LogP contribution in [0.1, 0.15) is 150 Å². The number of carbonyl (C=O) groups is 2. The average Bonchev–Trinajstić information content (AvgIpc) is 3.99. The molecule has 0 saturated heterocycles. The highest BCUT2D eigenvalue weighted by Crippen LogP contribution is 2.50. The van der Waals surface area contributed by atoms with Crippen LogP contribution < -0.4 is 0 Å². The van der Waals surface area contributed by atoms with Crippen molar-refractivity contribution in [2.45, 2.75) is 130 Å². The zero-order valence-electron chi connectivity index (χ0n) is 33.7. The first kappa shape index (κ1) is 44.0. The summed E-state index contributed by atoms with van der Waals surface area (Å²) in [4.78, 5) is 36.9. The van der Waals surface area contributed by atoms with E-state index in [9.17, 15) is 21.0 Å². The summed E-state index contributed by atoms with van der Waals surface area (Å²) in [6.07, 6.45) is 20.5. The summed E-state index contributed by atoms with van der Waals surface area (Å²) in [7, 11) is 0. The number of unbranched alkanes of at least 4 members (excludes halogenated alkanes) is 8. The van der Waals surface area contributed by atoms with Crippen LogP contribution in [-0.4, -0.2) is 34.7 Å². The van der Waals surface area contributed by atoms with Crippen molar-refractivity contribution in [3.63, 3.8) is 0 Å². The van der Waals surface area contributed by atoms with Gasteiger partial charge in [-0.25, -0.2) is 0 Å². The zero-order chi connectivity index (χ0) is 40.5. The van der Waals surface area contributed by atoms with Gasteiger partial charge in [0.05, 0.1) is 32.3 Å². The molecule has 0 spiro atoms. The van der Waals surface area contributed by atoms with Gasteiger partial charge < -0.3 is 9.80 Å². The molecule has 10 heteroatoms. The maximum Gasteiger partial charge on any atom is 0.261 e. The van der Waals surface area contributed by atoms with Gasteiger partial charge in [0, 0.05) is 22.8 Å². The van der Waals surface area contributed by atoms with Crippen LogP contribution in [0.15, 0.2) is 46.6 Å². The van der Waals surface area contributed by atoms with Gasteiger partial charge in [0.2, 0.25) is 0 Å². The van der Waals surface area contributed by atoms with Crippen LogP contribution in [-0.2, 0) is 9.59 Å². The predicted molar refractivity (Wildman–Crippen MR) is 228 cm³/mol. The predicted octanol–water partition coefficient (Wildman–Crippen LogP) is 12.0. The van der Waals surface area contributed by atoms with Gasteiger partial charge in [0.25, 0.3) is 11.8 Å². The molecule has 2 aromatic rings. The van der Waals surface area contributed by atoms with Crippen molar-refractivity contribution in [1.29, 1.82) is 21.0 Å². The summed E-state index contributed by atoms with van der Waals surface area (Å²) < 4.78 is 0. The van der Waals surface area contributed by atoms with E-state index in [2.05, 4.69) is 27.7 Å². The van der Waals surface area contributed by atoms with Crippen molar-refractivity contribution in [3.8, 4) is 24.3 Å². The van der Waals surface area contributed by atoms with Crippen LogP contribution in [0.5, 0.6) is 0 Å². The minimum absolute atomic E-state index is 0.0105. The van der Waals surface area contributed by atoms with Crippen LogP contribution in [0.25, 0.3) is 23.5 Å². The molecule has 294 valence electrons.